The van der Waals surface area contributed by atoms with Gasteiger partial charge in [-0.15, -0.1) is 12.3 Å². The second-order valence-electron chi connectivity index (χ2n) is 4.73. The van der Waals surface area contributed by atoms with Crippen molar-refractivity contribution < 1.29 is 0 Å². The zero-order chi connectivity index (χ0) is 10.3. The fourth-order valence-corrected chi connectivity index (χ4v) is 1.23. The van der Waals surface area contributed by atoms with Crippen LogP contribution in [0.1, 0.15) is 47.0 Å². The van der Waals surface area contributed by atoms with E-state index in [0.29, 0.717) is 11.5 Å². The molecular weight excluding hydrogens is 158 g/mol. The van der Waals surface area contributed by atoms with Gasteiger partial charge in [-0.25, -0.2) is 0 Å². The molecule has 1 nitrogen and oxygen atoms in total. The predicted molar refractivity (Wildman–Crippen MR) is 59.6 cm³/mol. The SMILES string of the molecule is C#CCCC(C)(C)CCNC(C)C. The van der Waals surface area contributed by atoms with E-state index in [1.807, 2.05) is 0 Å². The lowest BCUT2D eigenvalue weighted by Gasteiger charge is -2.24. The van der Waals surface area contributed by atoms with Crippen molar-refractivity contribution in [3.8, 4) is 12.3 Å². The summed E-state index contributed by atoms with van der Waals surface area (Å²) in [7, 11) is 0. The number of nitrogens with one attached hydrogen (secondary N) is 1. The maximum Gasteiger partial charge on any atom is 0.00911 e. The Bertz CT molecular complexity index is 162. The Hall–Kier alpha value is -0.480. The van der Waals surface area contributed by atoms with E-state index in [2.05, 4.69) is 38.9 Å². The average molecular weight is 181 g/mol. The molecule has 1 N–H and O–H groups in total. The van der Waals surface area contributed by atoms with Crippen LogP contribution >= 0.6 is 0 Å². The van der Waals surface area contributed by atoms with Gasteiger partial charge in [0.2, 0.25) is 0 Å². The molecule has 0 aromatic rings. The van der Waals surface area contributed by atoms with Gasteiger partial charge in [-0.2, -0.15) is 0 Å². The summed E-state index contributed by atoms with van der Waals surface area (Å²) < 4.78 is 0. The Morgan fingerprint density at radius 1 is 1.31 bits per heavy atom. The van der Waals surface area contributed by atoms with Gasteiger partial charge in [-0.05, 0) is 24.8 Å². The van der Waals surface area contributed by atoms with Crippen molar-refractivity contribution in [1.29, 1.82) is 0 Å². The molecule has 0 heterocycles. The van der Waals surface area contributed by atoms with Crippen molar-refractivity contribution in [2.24, 2.45) is 5.41 Å². The van der Waals surface area contributed by atoms with Gasteiger partial charge in [0.25, 0.3) is 0 Å². The molecule has 0 spiro atoms. The molecule has 13 heavy (non-hydrogen) atoms. The van der Waals surface area contributed by atoms with E-state index in [1.54, 1.807) is 0 Å². The standard InChI is InChI=1S/C12H23N/c1-6-7-8-12(4,5)9-10-13-11(2)3/h1,11,13H,7-10H2,2-5H3. The molecule has 0 radical (unpaired) electrons. The van der Waals surface area contributed by atoms with Gasteiger partial charge in [-0.3, -0.25) is 0 Å². The minimum absolute atomic E-state index is 0.383. The van der Waals surface area contributed by atoms with Crippen molar-refractivity contribution in [2.45, 2.75) is 53.0 Å². The molecule has 0 unspecified atom stereocenters. The third-order valence-corrected chi connectivity index (χ3v) is 2.30. The van der Waals surface area contributed by atoms with Crippen molar-refractivity contribution in [2.75, 3.05) is 6.54 Å². The summed E-state index contributed by atoms with van der Waals surface area (Å²) in [6.45, 7) is 10.0. The quantitative estimate of drug-likeness (QED) is 0.621. The Balaban J connectivity index is 3.57. The average Bonchev–Trinajstić information content (AvgIpc) is 2.00. The fourth-order valence-electron chi connectivity index (χ4n) is 1.23. The van der Waals surface area contributed by atoms with Crippen LogP contribution in [0.3, 0.4) is 0 Å². The largest absolute Gasteiger partial charge is 0.315 e. The lowest BCUT2D eigenvalue weighted by atomic mass is 9.84. The summed E-state index contributed by atoms with van der Waals surface area (Å²) in [6, 6.07) is 0.587. The lowest BCUT2D eigenvalue weighted by molar-refractivity contribution is 0.302. The lowest BCUT2D eigenvalue weighted by Crippen LogP contribution is -2.27. The zero-order valence-corrected chi connectivity index (χ0v) is 9.48. The molecule has 0 aliphatic rings. The maximum atomic E-state index is 5.25. The summed E-state index contributed by atoms with van der Waals surface area (Å²) in [4.78, 5) is 0. The predicted octanol–water partition coefficient (Wildman–Crippen LogP) is 2.81. The number of hydrogen-bond donors (Lipinski definition) is 1. The van der Waals surface area contributed by atoms with Crippen LogP contribution in [0.5, 0.6) is 0 Å². The Morgan fingerprint density at radius 3 is 2.38 bits per heavy atom. The van der Waals surface area contributed by atoms with Crippen LogP contribution in [-0.2, 0) is 0 Å². The van der Waals surface area contributed by atoms with Crippen LogP contribution in [-0.4, -0.2) is 12.6 Å². The van der Waals surface area contributed by atoms with E-state index in [1.165, 1.54) is 6.42 Å². The van der Waals surface area contributed by atoms with E-state index in [0.717, 1.165) is 19.4 Å². The van der Waals surface area contributed by atoms with Crippen molar-refractivity contribution >= 4 is 0 Å². The summed E-state index contributed by atoms with van der Waals surface area (Å²) >= 11 is 0. The van der Waals surface area contributed by atoms with Crippen LogP contribution < -0.4 is 5.32 Å². The number of terminal acetylenes is 1. The topological polar surface area (TPSA) is 12.0 Å². The summed E-state index contributed by atoms with van der Waals surface area (Å²) in [6.07, 6.45) is 8.47. The first kappa shape index (κ1) is 12.5. The highest BCUT2D eigenvalue weighted by Gasteiger charge is 2.16. The van der Waals surface area contributed by atoms with Crippen molar-refractivity contribution in [1.82, 2.24) is 5.32 Å². The molecule has 0 amide bonds. The van der Waals surface area contributed by atoms with Crippen molar-refractivity contribution in [3.05, 3.63) is 0 Å². The molecule has 0 aliphatic heterocycles. The molecule has 76 valence electrons. The first-order chi connectivity index (χ1) is 5.98. The molecule has 1 heteroatoms. The maximum absolute atomic E-state index is 5.25. The van der Waals surface area contributed by atoms with Crippen LogP contribution in [0.25, 0.3) is 0 Å². The second-order valence-corrected chi connectivity index (χ2v) is 4.73. The number of rotatable bonds is 6. The van der Waals surface area contributed by atoms with E-state index < -0.39 is 0 Å². The first-order valence-corrected chi connectivity index (χ1v) is 5.15. The van der Waals surface area contributed by atoms with Crippen LogP contribution in [0.2, 0.25) is 0 Å². The molecule has 0 saturated heterocycles. The molecule has 0 atom stereocenters. The molecule has 0 rings (SSSR count). The highest BCUT2D eigenvalue weighted by molar-refractivity contribution is 4.86. The molecule has 0 bridgehead atoms. The summed E-state index contributed by atoms with van der Waals surface area (Å²) in [5.74, 6) is 2.70. The minimum Gasteiger partial charge on any atom is -0.315 e. The van der Waals surface area contributed by atoms with E-state index in [4.69, 9.17) is 6.42 Å². The molecular formula is C12H23N. The minimum atomic E-state index is 0.383. The normalized spacial score (nSPS) is 11.7. The van der Waals surface area contributed by atoms with Gasteiger partial charge in [0.05, 0.1) is 0 Å². The monoisotopic (exact) mass is 181 g/mol. The van der Waals surface area contributed by atoms with Crippen molar-refractivity contribution in [3.63, 3.8) is 0 Å². The molecule has 0 aliphatic carbocycles. The van der Waals surface area contributed by atoms with E-state index >= 15 is 0 Å². The summed E-state index contributed by atoms with van der Waals surface area (Å²) in [5.41, 5.74) is 0.383. The highest BCUT2D eigenvalue weighted by Crippen LogP contribution is 2.25. The van der Waals surface area contributed by atoms with Gasteiger partial charge in [0, 0.05) is 12.5 Å². The van der Waals surface area contributed by atoms with E-state index in [9.17, 15) is 0 Å². The van der Waals surface area contributed by atoms with Gasteiger partial charge in [0.1, 0.15) is 0 Å². The van der Waals surface area contributed by atoms with E-state index in [-0.39, 0.29) is 0 Å². The molecule has 0 fully saturated rings. The van der Waals surface area contributed by atoms with Gasteiger partial charge >= 0.3 is 0 Å². The third kappa shape index (κ3) is 7.87. The Labute approximate surface area is 83.3 Å². The number of hydrogen-bond acceptors (Lipinski definition) is 1. The Kier molecular flexibility index (Phi) is 5.82. The fraction of sp³-hybridized carbons (Fsp3) is 0.833. The van der Waals surface area contributed by atoms with Crippen LogP contribution in [0.4, 0.5) is 0 Å². The Morgan fingerprint density at radius 2 is 1.92 bits per heavy atom. The highest BCUT2D eigenvalue weighted by atomic mass is 14.9. The summed E-state index contributed by atoms with van der Waals surface area (Å²) in [5, 5.41) is 3.43. The van der Waals surface area contributed by atoms with Crippen LogP contribution in [0, 0.1) is 17.8 Å². The van der Waals surface area contributed by atoms with Gasteiger partial charge < -0.3 is 5.32 Å². The van der Waals surface area contributed by atoms with Crippen LogP contribution in [0.15, 0.2) is 0 Å². The molecule has 0 aromatic carbocycles. The first-order valence-electron chi connectivity index (χ1n) is 5.15. The second kappa shape index (κ2) is 6.05. The molecule has 0 aromatic heterocycles. The molecule has 0 saturated carbocycles. The zero-order valence-electron chi connectivity index (χ0n) is 9.48. The van der Waals surface area contributed by atoms with Gasteiger partial charge in [0.15, 0.2) is 0 Å². The third-order valence-electron chi connectivity index (χ3n) is 2.30. The van der Waals surface area contributed by atoms with Gasteiger partial charge in [-0.1, -0.05) is 27.7 Å². The smallest absolute Gasteiger partial charge is 0.00911 e.